The van der Waals surface area contributed by atoms with Gasteiger partial charge in [0.15, 0.2) is 0 Å². The third kappa shape index (κ3) is 1.54. The normalized spacial score (nSPS) is 37.2. The predicted molar refractivity (Wildman–Crippen MR) is 64.3 cm³/mol. The summed E-state index contributed by atoms with van der Waals surface area (Å²) in [7, 11) is 1.38. The highest BCUT2D eigenvalue weighted by atomic mass is 16.5. The van der Waals surface area contributed by atoms with Crippen molar-refractivity contribution in [1.82, 2.24) is 0 Å². The number of carbonyl (C=O) groups excluding carboxylic acids is 2. The van der Waals surface area contributed by atoms with Crippen molar-refractivity contribution in [2.45, 2.75) is 40.5 Å². The van der Waals surface area contributed by atoms with Gasteiger partial charge in [-0.1, -0.05) is 27.7 Å². The Morgan fingerprint density at radius 1 is 1.29 bits per heavy atom. The third-order valence-electron chi connectivity index (χ3n) is 5.35. The minimum atomic E-state index is -0.268. The van der Waals surface area contributed by atoms with Crippen LogP contribution in [0.2, 0.25) is 0 Å². The lowest BCUT2D eigenvalue weighted by Gasteiger charge is -2.65. The largest absolute Gasteiger partial charge is 0.469 e. The van der Waals surface area contributed by atoms with Gasteiger partial charge in [0, 0.05) is 11.8 Å². The fourth-order valence-electron chi connectivity index (χ4n) is 4.14. The number of carbonyl (C=O) groups is 2. The maximum atomic E-state index is 12.4. The first kappa shape index (κ1) is 12.6. The number of ketones is 1. The second kappa shape index (κ2) is 3.56. The van der Waals surface area contributed by atoms with Gasteiger partial charge < -0.3 is 4.74 Å². The second-order valence-electron chi connectivity index (χ2n) is 6.72. The first-order valence-corrected chi connectivity index (χ1v) is 6.33. The van der Waals surface area contributed by atoms with Crippen LogP contribution in [-0.2, 0) is 14.3 Å². The Balaban J connectivity index is 2.25. The summed E-state index contributed by atoms with van der Waals surface area (Å²) in [4.78, 5) is 23.9. The van der Waals surface area contributed by atoms with Gasteiger partial charge in [0.1, 0.15) is 5.78 Å². The molecule has 0 radical (unpaired) electrons. The molecule has 0 spiro atoms. The van der Waals surface area contributed by atoms with Gasteiger partial charge in [0.05, 0.1) is 13.5 Å². The molecule has 0 aromatic carbocycles. The summed E-state index contributed by atoms with van der Waals surface area (Å²) in [5.74, 6) is 0.526. The van der Waals surface area contributed by atoms with Crippen molar-refractivity contribution in [3.05, 3.63) is 0 Å². The third-order valence-corrected chi connectivity index (χ3v) is 5.35. The predicted octanol–water partition coefficient (Wildman–Crippen LogP) is 2.44. The highest BCUT2D eigenvalue weighted by Crippen LogP contribution is 2.66. The number of Topliss-reactive ketones (excluding diaryl/α,β-unsaturated/α-hetero) is 1. The Morgan fingerprint density at radius 2 is 1.88 bits per heavy atom. The molecule has 3 nitrogen and oxygen atoms in total. The van der Waals surface area contributed by atoms with E-state index in [1.54, 1.807) is 0 Å². The molecule has 3 atom stereocenters. The Bertz CT molecular complexity index is 368. The van der Waals surface area contributed by atoms with Gasteiger partial charge >= 0.3 is 5.97 Å². The lowest BCUT2D eigenvalue weighted by atomic mass is 9.38. The average Bonchev–Trinajstić information content (AvgIpc) is 2.21. The first-order valence-electron chi connectivity index (χ1n) is 6.33. The molecule has 17 heavy (non-hydrogen) atoms. The number of methoxy groups -OCH3 is 1. The zero-order chi connectivity index (χ0) is 13.0. The van der Waals surface area contributed by atoms with Crippen molar-refractivity contribution in [1.29, 1.82) is 0 Å². The first-order chi connectivity index (χ1) is 7.72. The van der Waals surface area contributed by atoms with Gasteiger partial charge in [-0.25, -0.2) is 0 Å². The van der Waals surface area contributed by atoms with Gasteiger partial charge in [-0.15, -0.1) is 0 Å². The molecule has 0 aliphatic heterocycles. The number of ether oxygens (including phenoxy) is 1. The molecule has 3 aliphatic carbocycles. The molecule has 3 fully saturated rings. The van der Waals surface area contributed by atoms with Crippen molar-refractivity contribution in [3.8, 4) is 0 Å². The number of hydrogen-bond acceptors (Lipinski definition) is 3. The van der Waals surface area contributed by atoms with Gasteiger partial charge in [-0.2, -0.15) is 0 Å². The Morgan fingerprint density at radius 3 is 2.29 bits per heavy atom. The van der Waals surface area contributed by atoms with E-state index >= 15 is 0 Å². The molecule has 2 bridgehead atoms. The summed E-state index contributed by atoms with van der Waals surface area (Å²) >= 11 is 0. The van der Waals surface area contributed by atoms with E-state index in [0.29, 0.717) is 5.92 Å². The van der Waals surface area contributed by atoms with E-state index in [1.165, 1.54) is 7.11 Å². The standard InChI is InChI=1S/C14H22O3/c1-13(2)8-6-10(13)14(3,4)9(12(8)16)7-11(15)17-5/h8-10H,6-7H2,1-5H3/t8-,9-,10-/m1/s1. The topological polar surface area (TPSA) is 43.4 Å². The lowest BCUT2D eigenvalue weighted by Crippen LogP contribution is -2.64. The molecule has 3 rings (SSSR count). The second-order valence-corrected chi connectivity index (χ2v) is 6.72. The quantitative estimate of drug-likeness (QED) is 0.694. The summed E-state index contributed by atoms with van der Waals surface area (Å²) in [6.07, 6.45) is 1.24. The summed E-state index contributed by atoms with van der Waals surface area (Å²) in [6.45, 7) is 8.61. The fourth-order valence-corrected chi connectivity index (χ4v) is 4.14. The number of esters is 1. The van der Waals surface area contributed by atoms with Crippen LogP contribution in [0.3, 0.4) is 0 Å². The SMILES string of the molecule is COC(=O)C[C@@H]1C(=O)[C@H]2C[C@@H](C1(C)C)C2(C)C. The Hall–Kier alpha value is -0.860. The highest BCUT2D eigenvalue weighted by molar-refractivity contribution is 5.90. The molecule has 0 heterocycles. The number of rotatable bonds is 2. The summed E-state index contributed by atoms with van der Waals surface area (Å²) < 4.78 is 4.71. The minimum Gasteiger partial charge on any atom is -0.469 e. The maximum absolute atomic E-state index is 12.4. The van der Waals surface area contributed by atoms with Crippen LogP contribution in [0.1, 0.15) is 40.5 Å². The molecular weight excluding hydrogens is 216 g/mol. The van der Waals surface area contributed by atoms with Crippen molar-refractivity contribution in [2.24, 2.45) is 28.6 Å². The molecule has 3 saturated carbocycles. The maximum Gasteiger partial charge on any atom is 0.306 e. The number of fused-ring (bicyclic) bond motifs is 2. The van der Waals surface area contributed by atoms with Crippen molar-refractivity contribution >= 4 is 11.8 Å². The van der Waals surface area contributed by atoms with Crippen molar-refractivity contribution in [3.63, 3.8) is 0 Å². The van der Waals surface area contributed by atoms with Crippen LogP contribution in [0.25, 0.3) is 0 Å². The van der Waals surface area contributed by atoms with E-state index < -0.39 is 0 Å². The molecule has 3 heteroatoms. The molecule has 3 aliphatic rings. The summed E-state index contributed by atoms with van der Waals surface area (Å²) in [6, 6.07) is 0. The molecule has 0 saturated heterocycles. The van der Waals surface area contributed by atoms with Gasteiger partial charge in [-0.05, 0) is 23.2 Å². The molecule has 0 aromatic heterocycles. The molecule has 0 aromatic rings. The average molecular weight is 238 g/mol. The molecule has 0 unspecified atom stereocenters. The molecule has 0 amide bonds. The van der Waals surface area contributed by atoms with Crippen LogP contribution in [0.4, 0.5) is 0 Å². The van der Waals surface area contributed by atoms with Crippen LogP contribution in [-0.4, -0.2) is 18.9 Å². The van der Waals surface area contributed by atoms with Gasteiger partial charge in [0.25, 0.3) is 0 Å². The van der Waals surface area contributed by atoms with Crippen LogP contribution in [0, 0.1) is 28.6 Å². The van der Waals surface area contributed by atoms with Crippen LogP contribution in [0.5, 0.6) is 0 Å². The van der Waals surface area contributed by atoms with E-state index in [1.807, 2.05) is 0 Å². The minimum absolute atomic E-state index is 0.0937. The monoisotopic (exact) mass is 238 g/mol. The fraction of sp³-hybridized carbons (Fsp3) is 0.857. The Kier molecular flexibility index (Phi) is 2.64. The van der Waals surface area contributed by atoms with E-state index in [2.05, 4.69) is 27.7 Å². The number of hydrogen-bond donors (Lipinski definition) is 0. The summed E-state index contributed by atoms with van der Waals surface area (Å²) in [5.41, 5.74) is 0.0106. The highest BCUT2D eigenvalue weighted by Gasteiger charge is 2.65. The van der Waals surface area contributed by atoms with Crippen LogP contribution < -0.4 is 0 Å². The zero-order valence-corrected chi connectivity index (χ0v) is 11.4. The Labute approximate surface area is 103 Å². The molecular formula is C14H22O3. The van der Waals surface area contributed by atoms with E-state index in [0.717, 1.165) is 6.42 Å². The smallest absolute Gasteiger partial charge is 0.306 e. The van der Waals surface area contributed by atoms with Crippen molar-refractivity contribution in [2.75, 3.05) is 7.11 Å². The molecule has 0 N–H and O–H groups in total. The van der Waals surface area contributed by atoms with E-state index in [9.17, 15) is 9.59 Å². The lowest BCUT2D eigenvalue weighted by molar-refractivity contribution is -0.190. The zero-order valence-electron chi connectivity index (χ0n) is 11.4. The summed E-state index contributed by atoms with van der Waals surface area (Å²) in [5, 5.41) is 0. The molecule has 96 valence electrons. The van der Waals surface area contributed by atoms with Crippen LogP contribution >= 0.6 is 0 Å². The van der Waals surface area contributed by atoms with Gasteiger partial charge in [-0.3, -0.25) is 9.59 Å². The van der Waals surface area contributed by atoms with Gasteiger partial charge in [0.2, 0.25) is 0 Å². The van der Waals surface area contributed by atoms with Crippen LogP contribution in [0.15, 0.2) is 0 Å². The van der Waals surface area contributed by atoms with E-state index in [-0.39, 0.29) is 40.8 Å². The van der Waals surface area contributed by atoms with Crippen molar-refractivity contribution < 1.29 is 14.3 Å². The van der Waals surface area contributed by atoms with E-state index in [4.69, 9.17) is 4.74 Å².